The smallest absolute Gasteiger partial charge is 0.179 e. The molecule has 0 saturated carbocycles. The average molecular weight is 834 g/mol. The summed E-state index contributed by atoms with van der Waals surface area (Å²) in [5.74, 6) is 1.55. The molecule has 0 fully saturated rings. The van der Waals surface area contributed by atoms with Crippen LogP contribution in [0.5, 0.6) is 23.0 Å². The minimum absolute atomic E-state index is 0.0843. The maximum Gasteiger partial charge on any atom is 0.179 e. The molecule has 2 nitrogen and oxygen atoms in total. The van der Waals surface area contributed by atoms with Crippen LogP contribution < -0.4 is 30.2 Å². The van der Waals surface area contributed by atoms with E-state index in [4.69, 9.17) is 24.6 Å². The van der Waals surface area contributed by atoms with Crippen molar-refractivity contribution in [3.05, 3.63) is 214 Å². The summed E-state index contributed by atoms with van der Waals surface area (Å²) in [7, 11) is -3.52. The molecule has 8 aromatic carbocycles. The third kappa shape index (κ3) is 6.12. The van der Waals surface area contributed by atoms with Crippen molar-refractivity contribution in [2.75, 3.05) is 0 Å². The summed E-state index contributed by atoms with van der Waals surface area (Å²) in [6, 6.07) is 53.8. The summed E-state index contributed by atoms with van der Waals surface area (Å²) in [6.07, 6.45) is -1.66. The molecule has 2 aliphatic rings. The zero-order valence-corrected chi connectivity index (χ0v) is 36.5. The summed E-state index contributed by atoms with van der Waals surface area (Å²) < 4.78 is 109. The van der Waals surface area contributed by atoms with Crippen LogP contribution in [0.3, 0.4) is 0 Å². The Balaban J connectivity index is 1.24. The Kier molecular flexibility index (Phi) is 6.96. The predicted molar refractivity (Wildman–Crippen MR) is 262 cm³/mol. The minimum atomic E-state index is -3.52. The van der Waals surface area contributed by atoms with E-state index in [1.54, 1.807) is 42.5 Å². The number of aryl methyl sites for hydroxylation is 4. The zero-order chi connectivity index (χ0) is 52.3. The highest BCUT2D eigenvalue weighted by atomic mass is 28.3. The first-order valence-corrected chi connectivity index (χ1v) is 23.1. The van der Waals surface area contributed by atoms with Crippen molar-refractivity contribution in [3.8, 4) is 45.3 Å². The number of hydrogen-bond acceptors (Lipinski definition) is 2. The van der Waals surface area contributed by atoms with Crippen molar-refractivity contribution in [1.29, 1.82) is 0 Å². The fourth-order valence-corrected chi connectivity index (χ4v) is 14.9. The summed E-state index contributed by atoms with van der Waals surface area (Å²) in [5, 5.41) is 3.86. The molecule has 3 heteroatoms. The normalized spacial score (nSPS) is 17.9. The van der Waals surface area contributed by atoms with Crippen LogP contribution in [0.2, 0.25) is 0 Å². The van der Waals surface area contributed by atoms with E-state index in [0.717, 1.165) is 43.0 Å². The molecule has 8 aromatic rings. The maximum absolute atomic E-state index is 8.92. The third-order valence-corrected chi connectivity index (χ3v) is 18.0. The van der Waals surface area contributed by atoms with Gasteiger partial charge < -0.3 is 9.47 Å². The summed E-state index contributed by atoms with van der Waals surface area (Å²) in [4.78, 5) is 0. The molecule has 0 aromatic heterocycles. The molecule has 0 spiro atoms. The Bertz CT molecular complexity index is 3230. The molecule has 0 aliphatic carbocycles. The fraction of sp³-hybridized carbons (Fsp3) is 0.186. The highest BCUT2D eigenvalue weighted by Gasteiger charge is 2.43. The lowest BCUT2D eigenvalue weighted by atomic mass is 9.74. The van der Waals surface area contributed by atoms with Gasteiger partial charge in [-0.25, -0.2) is 0 Å². The highest BCUT2D eigenvalue weighted by molar-refractivity contribution is 7.20. The van der Waals surface area contributed by atoms with E-state index >= 15 is 0 Å². The Hall–Kier alpha value is -6.42. The Morgan fingerprint density at radius 1 is 0.468 bits per heavy atom. The quantitative estimate of drug-likeness (QED) is 0.118. The summed E-state index contributed by atoms with van der Waals surface area (Å²) in [5.41, 5.74) is 4.58. The maximum atomic E-state index is 8.92. The first-order chi connectivity index (χ1) is 34.2. The first-order valence-electron chi connectivity index (χ1n) is 26.6. The van der Waals surface area contributed by atoms with Crippen LogP contribution in [-0.4, -0.2) is 8.07 Å². The van der Waals surface area contributed by atoms with Gasteiger partial charge in [-0.05, 0) is 93.2 Å². The van der Waals surface area contributed by atoms with E-state index in [1.165, 1.54) is 6.92 Å². The summed E-state index contributed by atoms with van der Waals surface area (Å²) in [6.45, 7) is 2.16. The fourth-order valence-electron chi connectivity index (χ4n) is 10.0. The van der Waals surface area contributed by atoms with Gasteiger partial charge in [-0.3, -0.25) is 0 Å². The van der Waals surface area contributed by atoms with Gasteiger partial charge in [0.15, 0.2) is 8.07 Å². The van der Waals surface area contributed by atoms with E-state index in [-0.39, 0.29) is 16.7 Å². The predicted octanol–water partition coefficient (Wildman–Crippen LogP) is 12.7. The zero-order valence-electron chi connectivity index (χ0n) is 46.5. The molecular weight excluding hydrogens is 769 g/mol. The largest absolute Gasteiger partial charge is 0.456 e. The standard InChI is InChI=1S/C59H54O2Si/c1-9-41-29-33-49-53(35-41)61-57-51(59(49,7)8)32-28-40(4)55(57)43-19-17-25-47(37-43)62(44-20-12-10-13-21-44,45-22-14-11-15-23-45)46-24-16-18-42(36-46)54-39(3)27-31-50-56(54)60-52-34-38(2)26-30-48(52)58(50,5)6/h10-37H,9H2,1-8H3/i2D3,3D3,4D3,9D2. The van der Waals surface area contributed by atoms with Crippen molar-refractivity contribution in [3.63, 3.8) is 0 Å². The molecule has 2 heterocycles. The van der Waals surface area contributed by atoms with Crippen LogP contribution in [0.4, 0.5) is 0 Å². The topological polar surface area (TPSA) is 18.5 Å². The van der Waals surface area contributed by atoms with Crippen LogP contribution >= 0.6 is 0 Å². The SMILES string of the molecule is [2H]C([2H])([2H])c1ccc2c(c1)Oc1c(ccc(C([2H])([2H])[2H])c1-c1cccc([Si](c3ccccc3)(c3ccccc3)c3cccc(-c4c(C([2H])([2H])[2H])ccc5c4Oc4cc(C([2H])([2H])C)ccc4C5(C)C)c3)c1)C2(C)C. The Morgan fingerprint density at radius 3 is 1.42 bits per heavy atom. The van der Waals surface area contributed by atoms with Crippen LogP contribution in [-0.2, 0) is 17.2 Å². The summed E-state index contributed by atoms with van der Waals surface area (Å²) >= 11 is 0. The minimum Gasteiger partial charge on any atom is -0.456 e. The van der Waals surface area contributed by atoms with E-state index in [0.29, 0.717) is 50.8 Å². The lowest BCUT2D eigenvalue weighted by Gasteiger charge is -2.37. The van der Waals surface area contributed by atoms with E-state index in [9.17, 15) is 0 Å². The van der Waals surface area contributed by atoms with Gasteiger partial charge in [0, 0.05) is 59.3 Å². The average Bonchev–Trinajstić information content (AvgIpc) is 3.33. The highest BCUT2D eigenvalue weighted by Crippen LogP contribution is 2.54. The third-order valence-electron chi connectivity index (χ3n) is 13.3. The van der Waals surface area contributed by atoms with Crippen molar-refractivity contribution >= 4 is 28.8 Å². The van der Waals surface area contributed by atoms with Gasteiger partial charge in [0.1, 0.15) is 23.0 Å². The second-order valence-corrected chi connectivity index (χ2v) is 21.3. The van der Waals surface area contributed by atoms with Gasteiger partial charge in [0.25, 0.3) is 0 Å². The van der Waals surface area contributed by atoms with Gasteiger partial charge in [0.05, 0.1) is 0 Å². The molecule has 0 atom stereocenters. The molecule has 0 N–H and O–H groups in total. The lowest BCUT2D eigenvalue weighted by molar-refractivity contribution is 0.418. The molecule has 0 bridgehead atoms. The molecule has 62 heavy (non-hydrogen) atoms. The van der Waals surface area contributed by atoms with Gasteiger partial charge in [-0.15, -0.1) is 0 Å². The Morgan fingerprint density at radius 2 is 0.935 bits per heavy atom. The van der Waals surface area contributed by atoms with E-state index in [2.05, 4.69) is 62.4 Å². The van der Waals surface area contributed by atoms with Crippen molar-refractivity contribution < 1.29 is 24.6 Å². The number of rotatable bonds is 7. The second-order valence-electron chi connectivity index (χ2n) is 17.5. The molecule has 306 valence electrons. The molecule has 0 unspecified atom stereocenters. The molecule has 10 rings (SSSR count). The van der Waals surface area contributed by atoms with E-state index in [1.807, 2.05) is 92.7 Å². The first kappa shape index (κ1) is 29.0. The van der Waals surface area contributed by atoms with Crippen molar-refractivity contribution in [1.82, 2.24) is 0 Å². The molecular formula is C59H54O2Si. The van der Waals surface area contributed by atoms with Gasteiger partial charge >= 0.3 is 0 Å². The van der Waals surface area contributed by atoms with Gasteiger partial charge in [0.2, 0.25) is 0 Å². The molecule has 0 amide bonds. The van der Waals surface area contributed by atoms with Crippen LogP contribution in [0, 0.1) is 20.6 Å². The van der Waals surface area contributed by atoms with Crippen LogP contribution in [0.15, 0.2) is 170 Å². The number of benzene rings is 8. The van der Waals surface area contributed by atoms with Gasteiger partial charge in [-0.1, -0.05) is 192 Å². The van der Waals surface area contributed by atoms with E-state index < -0.39 is 45.8 Å². The number of hydrogen-bond donors (Lipinski definition) is 0. The molecule has 0 saturated heterocycles. The molecule has 2 aliphatic heterocycles. The Labute approximate surface area is 384 Å². The number of ether oxygens (including phenoxy) is 2. The lowest BCUT2D eigenvalue weighted by Crippen LogP contribution is -2.74. The van der Waals surface area contributed by atoms with Crippen LogP contribution in [0.1, 0.15) is 94.2 Å². The monoisotopic (exact) mass is 833 g/mol. The van der Waals surface area contributed by atoms with Crippen LogP contribution in [0.25, 0.3) is 22.3 Å². The van der Waals surface area contributed by atoms with Crippen molar-refractivity contribution in [2.45, 2.75) is 72.4 Å². The molecule has 0 radical (unpaired) electrons. The second kappa shape index (κ2) is 14.9. The number of fused-ring (bicyclic) bond motifs is 4. The van der Waals surface area contributed by atoms with Crippen molar-refractivity contribution in [2.24, 2.45) is 0 Å². The van der Waals surface area contributed by atoms with Gasteiger partial charge in [-0.2, -0.15) is 0 Å².